The van der Waals surface area contributed by atoms with Crippen LogP contribution in [0.4, 0.5) is 0 Å². The molecule has 12 aromatic rings. The van der Waals surface area contributed by atoms with Gasteiger partial charge in [-0.2, -0.15) is 0 Å². The molecular weight excluding hydrogens is 879 g/mol. The van der Waals surface area contributed by atoms with E-state index in [4.69, 9.17) is 0 Å². The Morgan fingerprint density at radius 2 is 0.753 bits per heavy atom. The SMILES string of the molecule is CC1(C)c2cc(-c3ccccc3)ccc2-c2ccc(C(CCc3ccc(-c4ccc(-c5ccc(-c6ccc(-c7ccc8c(c7)c7ccccc7n8-c7ccccc7)cc6)cc5)cc4)cc3)c3ccccc3)cc21. The van der Waals surface area contributed by atoms with Gasteiger partial charge >= 0.3 is 0 Å². The second-order valence-corrected chi connectivity index (χ2v) is 20.4. The summed E-state index contributed by atoms with van der Waals surface area (Å²) in [4.78, 5) is 0. The Morgan fingerprint density at radius 3 is 1.36 bits per heavy atom. The van der Waals surface area contributed by atoms with Crippen LogP contribution in [0.15, 0.2) is 267 Å². The van der Waals surface area contributed by atoms with Crippen molar-refractivity contribution < 1.29 is 0 Å². The lowest BCUT2D eigenvalue weighted by Crippen LogP contribution is -2.16. The molecule has 0 amide bonds. The number of fused-ring (bicyclic) bond motifs is 6. The molecule has 13 rings (SSSR count). The van der Waals surface area contributed by atoms with Gasteiger partial charge in [0.25, 0.3) is 0 Å². The number of para-hydroxylation sites is 2. The van der Waals surface area contributed by atoms with E-state index in [2.05, 4.69) is 285 Å². The molecule has 0 aliphatic heterocycles. The zero-order valence-electron chi connectivity index (χ0n) is 41.3. The minimum absolute atomic E-state index is 0.0905. The van der Waals surface area contributed by atoms with Gasteiger partial charge in [-0.05, 0) is 144 Å². The van der Waals surface area contributed by atoms with Crippen molar-refractivity contribution >= 4 is 21.8 Å². The Labute approximate surface area is 429 Å². The van der Waals surface area contributed by atoms with Gasteiger partial charge in [-0.3, -0.25) is 0 Å². The van der Waals surface area contributed by atoms with Gasteiger partial charge in [0.1, 0.15) is 0 Å². The van der Waals surface area contributed by atoms with Gasteiger partial charge in [0.05, 0.1) is 11.0 Å². The highest BCUT2D eigenvalue weighted by atomic mass is 15.0. The minimum atomic E-state index is -0.0905. The molecule has 1 atom stereocenters. The predicted octanol–water partition coefficient (Wildman–Crippen LogP) is 19.2. The summed E-state index contributed by atoms with van der Waals surface area (Å²) in [6, 6.07) is 98.7. The Bertz CT molecular complexity index is 3920. The molecule has 1 heterocycles. The summed E-state index contributed by atoms with van der Waals surface area (Å²) < 4.78 is 2.37. The number of hydrogen-bond acceptors (Lipinski definition) is 0. The van der Waals surface area contributed by atoms with Crippen LogP contribution in [0.2, 0.25) is 0 Å². The van der Waals surface area contributed by atoms with E-state index in [0.717, 1.165) is 12.8 Å². The third-order valence-corrected chi connectivity index (χ3v) is 15.8. The van der Waals surface area contributed by atoms with E-state index in [9.17, 15) is 0 Å². The van der Waals surface area contributed by atoms with E-state index < -0.39 is 0 Å². The van der Waals surface area contributed by atoms with Crippen molar-refractivity contribution in [2.45, 2.75) is 38.0 Å². The molecule has 11 aromatic carbocycles. The fourth-order valence-corrected chi connectivity index (χ4v) is 11.7. The van der Waals surface area contributed by atoms with E-state index >= 15 is 0 Å². The lowest BCUT2D eigenvalue weighted by atomic mass is 9.79. The van der Waals surface area contributed by atoms with Crippen molar-refractivity contribution in [2.75, 3.05) is 0 Å². The molecule has 0 saturated heterocycles. The van der Waals surface area contributed by atoms with Crippen LogP contribution in [0.25, 0.3) is 94.3 Å². The van der Waals surface area contributed by atoms with Gasteiger partial charge < -0.3 is 4.57 Å². The van der Waals surface area contributed by atoms with Crippen LogP contribution in [-0.2, 0) is 11.8 Å². The summed E-state index contributed by atoms with van der Waals surface area (Å²) in [5.41, 5.74) is 25.5. The van der Waals surface area contributed by atoms with Crippen LogP contribution in [0.5, 0.6) is 0 Å². The molecule has 0 bridgehead atoms. The summed E-state index contributed by atoms with van der Waals surface area (Å²) in [7, 11) is 0. The lowest BCUT2D eigenvalue weighted by Gasteiger charge is -2.25. The average Bonchev–Trinajstić information content (AvgIpc) is 3.91. The summed E-state index contributed by atoms with van der Waals surface area (Å²) in [6.45, 7) is 4.80. The van der Waals surface area contributed by atoms with Crippen LogP contribution in [0.3, 0.4) is 0 Å². The summed E-state index contributed by atoms with van der Waals surface area (Å²) in [5.74, 6) is 0.293. The molecule has 1 unspecified atom stereocenters. The molecular formula is C72H55N. The monoisotopic (exact) mass is 933 g/mol. The third kappa shape index (κ3) is 8.18. The Hall–Kier alpha value is -8.78. The van der Waals surface area contributed by atoms with Crippen molar-refractivity contribution in [1.29, 1.82) is 0 Å². The zero-order chi connectivity index (χ0) is 48.9. The van der Waals surface area contributed by atoms with Crippen molar-refractivity contribution in [3.05, 3.63) is 295 Å². The maximum absolute atomic E-state index is 2.52. The molecule has 1 aliphatic rings. The van der Waals surface area contributed by atoms with Crippen LogP contribution in [0, 0.1) is 0 Å². The lowest BCUT2D eigenvalue weighted by molar-refractivity contribution is 0.654. The Kier molecular flexibility index (Phi) is 11.2. The highest BCUT2D eigenvalue weighted by molar-refractivity contribution is 6.10. The molecule has 1 heteroatoms. The zero-order valence-corrected chi connectivity index (χ0v) is 41.3. The van der Waals surface area contributed by atoms with E-state index in [-0.39, 0.29) is 5.41 Å². The Morgan fingerprint density at radius 1 is 0.329 bits per heavy atom. The van der Waals surface area contributed by atoms with Gasteiger partial charge in [-0.1, -0.05) is 244 Å². The first-order chi connectivity index (χ1) is 35.9. The fraction of sp³-hybridized carbons (Fsp3) is 0.0833. The molecule has 348 valence electrons. The molecule has 73 heavy (non-hydrogen) atoms. The smallest absolute Gasteiger partial charge is 0.0541 e. The van der Waals surface area contributed by atoms with E-state index in [1.165, 1.54) is 122 Å². The minimum Gasteiger partial charge on any atom is -0.309 e. The van der Waals surface area contributed by atoms with Crippen LogP contribution >= 0.6 is 0 Å². The van der Waals surface area contributed by atoms with Crippen LogP contribution in [-0.4, -0.2) is 4.57 Å². The topological polar surface area (TPSA) is 4.93 Å². The Balaban J connectivity index is 0.680. The van der Waals surface area contributed by atoms with Gasteiger partial charge in [0.15, 0.2) is 0 Å². The average molecular weight is 934 g/mol. The molecule has 0 fully saturated rings. The first-order valence-electron chi connectivity index (χ1n) is 25.8. The quantitative estimate of drug-likeness (QED) is 0.122. The standard InChI is InChI=1S/C72H55N/c1-72(2)68-47-60(50-14-6-3-7-15-50)39-43-64(68)65-44-40-61(48-69(65)72)63(58-16-8-4-9-17-58)42-24-49-22-25-51(26-23-49)52-27-29-53(30-28-52)54-31-33-55(34-32-54)56-35-37-57(38-36-56)59-41-45-71-67(46-59)66-20-12-13-21-70(66)73(71)62-18-10-5-11-19-62/h3-23,25-41,43-48,63H,24,42H2,1-2H3. The first kappa shape index (κ1) is 44.2. The van der Waals surface area contributed by atoms with Crippen LogP contribution < -0.4 is 0 Å². The highest BCUT2D eigenvalue weighted by Gasteiger charge is 2.36. The summed E-state index contributed by atoms with van der Waals surface area (Å²) in [6.07, 6.45) is 2.03. The number of rotatable bonds is 11. The van der Waals surface area contributed by atoms with Gasteiger partial charge in [0, 0.05) is 27.8 Å². The number of hydrogen-bond donors (Lipinski definition) is 0. The molecule has 1 nitrogen and oxygen atoms in total. The molecule has 1 aromatic heterocycles. The van der Waals surface area contributed by atoms with Gasteiger partial charge in [-0.25, -0.2) is 0 Å². The van der Waals surface area contributed by atoms with Crippen molar-refractivity contribution in [3.8, 4) is 72.4 Å². The molecule has 0 saturated carbocycles. The van der Waals surface area contributed by atoms with E-state index in [0.29, 0.717) is 5.92 Å². The number of aryl methyl sites for hydroxylation is 1. The van der Waals surface area contributed by atoms with E-state index in [1.54, 1.807) is 0 Å². The second kappa shape index (κ2) is 18.4. The van der Waals surface area contributed by atoms with Crippen molar-refractivity contribution in [2.24, 2.45) is 0 Å². The van der Waals surface area contributed by atoms with E-state index in [1.807, 2.05) is 0 Å². The third-order valence-electron chi connectivity index (χ3n) is 15.8. The maximum atomic E-state index is 2.52. The normalized spacial score (nSPS) is 13.0. The molecule has 0 spiro atoms. The highest BCUT2D eigenvalue weighted by Crippen LogP contribution is 2.51. The largest absolute Gasteiger partial charge is 0.309 e. The van der Waals surface area contributed by atoms with Crippen molar-refractivity contribution in [3.63, 3.8) is 0 Å². The molecule has 0 radical (unpaired) electrons. The number of nitrogens with zero attached hydrogens (tertiary/aromatic N) is 1. The number of aromatic nitrogens is 1. The predicted molar refractivity (Wildman–Crippen MR) is 309 cm³/mol. The summed E-state index contributed by atoms with van der Waals surface area (Å²) in [5, 5.41) is 2.53. The van der Waals surface area contributed by atoms with Crippen molar-refractivity contribution in [1.82, 2.24) is 4.57 Å². The fourth-order valence-electron chi connectivity index (χ4n) is 11.7. The van der Waals surface area contributed by atoms with Gasteiger partial charge in [-0.15, -0.1) is 0 Å². The second-order valence-electron chi connectivity index (χ2n) is 20.4. The van der Waals surface area contributed by atoms with Crippen LogP contribution in [0.1, 0.15) is 54.0 Å². The first-order valence-corrected chi connectivity index (χ1v) is 25.8. The molecule has 1 aliphatic carbocycles. The van der Waals surface area contributed by atoms with Gasteiger partial charge in [0.2, 0.25) is 0 Å². The summed E-state index contributed by atoms with van der Waals surface area (Å²) >= 11 is 0. The molecule has 0 N–H and O–H groups in total. The number of benzene rings is 11. The maximum Gasteiger partial charge on any atom is 0.0541 e.